The Balaban J connectivity index is 0.000000284. The summed E-state index contributed by atoms with van der Waals surface area (Å²) in [6.07, 6.45) is 3.66. The van der Waals surface area contributed by atoms with Gasteiger partial charge in [-0.05, 0) is 12.3 Å². The summed E-state index contributed by atoms with van der Waals surface area (Å²) in [6, 6.07) is 1.88. The molecule has 2 rings (SSSR count). The highest BCUT2D eigenvalue weighted by atomic mass is 32.2. The van der Waals surface area contributed by atoms with E-state index in [0.717, 1.165) is 15.1 Å². The topological polar surface area (TPSA) is 136 Å². The summed E-state index contributed by atoms with van der Waals surface area (Å²) in [6.45, 7) is 0. The molecule has 13 heteroatoms. The van der Waals surface area contributed by atoms with Gasteiger partial charge >= 0.3 is 15.6 Å². The minimum absolute atomic E-state index is 0.388. The van der Waals surface area contributed by atoms with E-state index in [0.29, 0.717) is 10.6 Å². The van der Waals surface area contributed by atoms with Crippen LogP contribution in [0.5, 0.6) is 0 Å². The van der Waals surface area contributed by atoms with Gasteiger partial charge in [0.25, 0.3) is 5.91 Å². The highest BCUT2D eigenvalue weighted by Crippen LogP contribution is 2.37. The highest BCUT2D eigenvalue weighted by molar-refractivity contribution is 7.98. The number of aromatic nitrogens is 1. The average Bonchev–Trinajstić information content (AvgIpc) is 2.75. The van der Waals surface area contributed by atoms with Crippen molar-refractivity contribution in [2.75, 3.05) is 12.0 Å². The molecule has 0 spiro atoms. The number of primary amides is 1. The second-order valence-corrected chi connectivity index (χ2v) is 7.08. The maximum Gasteiger partial charge on any atom is 0.522 e. The molecular weight excluding hydrogens is 379 g/mol. The molecule has 23 heavy (non-hydrogen) atoms. The number of amides is 1. The lowest BCUT2D eigenvalue weighted by molar-refractivity contribution is -0.0510. The van der Waals surface area contributed by atoms with Crippen LogP contribution in [-0.4, -0.2) is 35.6 Å². The summed E-state index contributed by atoms with van der Waals surface area (Å²) < 4.78 is 57.5. The van der Waals surface area contributed by atoms with Gasteiger partial charge in [-0.25, -0.2) is 4.98 Å². The van der Waals surface area contributed by atoms with Gasteiger partial charge in [0.15, 0.2) is 0 Å². The third kappa shape index (κ3) is 4.46. The fourth-order valence-corrected chi connectivity index (χ4v) is 2.98. The van der Waals surface area contributed by atoms with E-state index < -0.39 is 21.5 Å². The van der Waals surface area contributed by atoms with Crippen LogP contribution >= 0.6 is 23.1 Å². The predicted molar refractivity (Wildman–Crippen MR) is 81.9 cm³/mol. The van der Waals surface area contributed by atoms with Crippen molar-refractivity contribution in [2.45, 2.75) is 10.4 Å². The van der Waals surface area contributed by atoms with E-state index in [4.69, 9.17) is 24.4 Å². The zero-order valence-corrected chi connectivity index (χ0v) is 13.7. The van der Waals surface area contributed by atoms with E-state index in [1.54, 1.807) is 18.0 Å². The van der Waals surface area contributed by atoms with Crippen molar-refractivity contribution in [1.29, 1.82) is 0 Å². The molecule has 1 amide bonds. The van der Waals surface area contributed by atoms with E-state index in [2.05, 4.69) is 4.98 Å². The molecule has 128 valence electrons. The molecule has 0 atom stereocenters. The molecule has 7 nitrogen and oxygen atoms in total. The molecule has 2 aromatic rings. The van der Waals surface area contributed by atoms with Crippen molar-refractivity contribution in [2.24, 2.45) is 5.73 Å². The Bertz CT molecular complexity index is 833. The molecule has 0 fully saturated rings. The Hall–Kier alpha value is -1.57. The average molecular weight is 389 g/mol. The van der Waals surface area contributed by atoms with Crippen LogP contribution in [0.25, 0.3) is 10.2 Å². The number of carbonyl (C=O) groups excluding carboxylic acids is 1. The predicted octanol–water partition coefficient (Wildman–Crippen LogP) is 2.09. The van der Waals surface area contributed by atoms with E-state index >= 15 is 0 Å². The fraction of sp³-hybridized carbons (Fsp3) is 0.200. The van der Waals surface area contributed by atoms with E-state index in [1.807, 2.05) is 12.3 Å². The number of nitrogens with two attached hydrogens (primary N) is 2. The molecule has 2 aromatic heterocycles. The van der Waals surface area contributed by atoms with Crippen molar-refractivity contribution in [3.05, 3.63) is 17.1 Å². The van der Waals surface area contributed by atoms with Crippen molar-refractivity contribution < 1.29 is 30.9 Å². The van der Waals surface area contributed by atoms with Crippen molar-refractivity contribution >= 4 is 55.0 Å². The first-order valence-corrected chi connectivity index (χ1v) is 8.92. The molecule has 0 saturated carbocycles. The normalized spacial score (nSPS) is 11.9. The molecule has 0 aliphatic rings. The summed E-state index contributed by atoms with van der Waals surface area (Å²) in [5, 5.41) is 0.837. The first-order chi connectivity index (χ1) is 10.4. The number of fused-ring (bicyclic) bond motifs is 1. The number of alkyl halides is 3. The molecule has 5 N–H and O–H groups in total. The van der Waals surface area contributed by atoms with Crippen LogP contribution in [-0.2, 0) is 10.1 Å². The second kappa shape index (κ2) is 6.90. The van der Waals surface area contributed by atoms with Gasteiger partial charge in [-0.15, -0.1) is 23.1 Å². The minimum atomic E-state index is -5.84. The van der Waals surface area contributed by atoms with Crippen molar-refractivity contribution in [1.82, 2.24) is 4.98 Å². The Morgan fingerprint density at radius 2 is 1.96 bits per heavy atom. The van der Waals surface area contributed by atoms with Crippen LogP contribution in [0.15, 0.2) is 17.2 Å². The van der Waals surface area contributed by atoms with Crippen LogP contribution < -0.4 is 11.5 Å². The second-order valence-electron chi connectivity index (χ2n) is 3.82. The van der Waals surface area contributed by atoms with E-state index in [9.17, 15) is 18.0 Å². The maximum absolute atomic E-state index is 11.1. The van der Waals surface area contributed by atoms with Crippen LogP contribution in [0.4, 0.5) is 18.9 Å². The molecule has 0 radical (unpaired) electrons. The van der Waals surface area contributed by atoms with Gasteiger partial charge < -0.3 is 11.5 Å². The number of anilines is 1. The lowest BCUT2D eigenvalue weighted by Crippen LogP contribution is -2.21. The van der Waals surface area contributed by atoms with E-state index in [-0.39, 0.29) is 0 Å². The zero-order chi connectivity index (χ0) is 18.0. The lowest BCUT2D eigenvalue weighted by Gasteiger charge is -1.99. The minimum Gasteiger partial charge on any atom is -0.397 e. The number of thioether (sulfide) groups is 1. The van der Waals surface area contributed by atoms with Gasteiger partial charge in [-0.1, -0.05) is 0 Å². The molecule has 2 heterocycles. The summed E-state index contributed by atoms with van der Waals surface area (Å²) in [5.41, 5.74) is 6.01. The number of nitrogen functional groups attached to an aromatic ring is 1. The molecular formula is C10H10F3N3O4S3. The Kier molecular flexibility index (Phi) is 5.84. The Morgan fingerprint density at radius 1 is 1.43 bits per heavy atom. The molecule has 0 unspecified atom stereocenters. The van der Waals surface area contributed by atoms with Gasteiger partial charge in [0.2, 0.25) is 0 Å². The molecule has 0 aliphatic heterocycles. The summed E-state index contributed by atoms with van der Waals surface area (Å²) in [4.78, 5) is 17.4. The number of hydrogen-bond acceptors (Lipinski definition) is 7. The zero-order valence-electron chi connectivity index (χ0n) is 11.3. The summed E-state index contributed by atoms with van der Waals surface area (Å²) in [5.74, 6) is -0.498. The summed E-state index contributed by atoms with van der Waals surface area (Å²) in [7, 11) is -5.84. The smallest absolute Gasteiger partial charge is 0.397 e. The Morgan fingerprint density at radius 3 is 2.35 bits per heavy atom. The van der Waals surface area contributed by atoms with Crippen LogP contribution in [0.1, 0.15) is 9.67 Å². The summed E-state index contributed by atoms with van der Waals surface area (Å²) >= 11 is 2.81. The van der Waals surface area contributed by atoms with Gasteiger partial charge in [0.1, 0.15) is 9.71 Å². The fourth-order valence-electron chi connectivity index (χ4n) is 1.37. The standard InChI is InChI=1S/C9H9N3OS2.CHF3O3S/c1-14-4-2-3-12-9-5(4)6(10)7(15-9)8(11)13;2-1(3,4)8(5,6)7/h2-3H,10H2,1H3,(H2,11,13);(H,5,6,7). The number of pyridine rings is 1. The van der Waals surface area contributed by atoms with Crippen LogP contribution in [0.2, 0.25) is 0 Å². The van der Waals surface area contributed by atoms with Crippen molar-refractivity contribution in [3.63, 3.8) is 0 Å². The van der Waals surface area contributed by atoms with Gasteiger partial charge in [0, 0.05) is 16.5 Å². The van der Waals surface area contributed by atoms with Crippen LogP contribution in [0, 0.1) is 0 Å². The number of hydrogen-bond donors (Lipinski definition) is 3. The third-order valence-electron chi connectivity index (χ3n) is 2.33. The largest absolute Gasteiger partial charge is 0.522 e. The van der Waals surface area contributed by atoms with Gasteiger partial charge in [-0.2, -0.15) is 21.6 Å². The monoisotopic (exact) mass is 389 g/mol. The number of thiophene rings is 1. The SMILES string of the molecule is CSc1ccnc2sc(C(N)=O)c(N)c12.O=S(=O)(O)C(F)(F)F. The quantitative estimate of drug-likeness (QED) is 0.406. The first-order valence-electron chi connectivity index (χ1n) is 5.44. The van der Waals surface area contributed by atoms with Gasteiger partial charge in [-0.3, -0.25) is 9.35 Å². The highest BCUT2D eigenvalue weighted by Gasteiger charge is 2.44. The number of rotatable bonds is 2. The van der Waals surface area contributed by atoms with Crippen molar-refractivity contribution in [3.8, 4) is 0 Å². The van der Waals surface area contributed by atoms with E-state index in [1.165, 1.54) is 11.3 Å². The number of nitrogens with zero attached hydrogens (tertiary/aromatic N) is 1. The Labute approximate surface area is 136 Å². The molecule has 0 bridgehead atoms. The number of carbonyl (C=O) groups is 1. The first kappa shape index (κ1) is 19.5. The third-order valence-corrected chi connectivity index (χ3v) is 4.82. The number of halogens is 3. The van der Waals surface area contributed by atoms with Gasteiger partial charge in [0.05, 0.1) is 5.69 Å². The maximum atomic E-state index is 11.1. The molecule has 0 aliphatic carbocycles. The molecule has 0 saturated heterocycles. The molecule has 0 aromatic carbocycles. The lowest BCUT2D eigenvalue weighted by atomic mass is 10.2. The van der Waals surface area contributed by atoms with Crippen LogP contribution in [0.3, 0.4) is 0 Å².